The largest absolute Gasteiger partial charge is 0.481 e. The van der Waals surface area contributed by atoms with Gasteiger partial charge < -0.3 is 9.84 Å². The van der Waals surface area contributed by atoms with Gasteiger partial charge in [-0.05, 0) is 31.1 Å². The second-order valence-corrected chi connectivity index (χ2v) is 7.96. The van der Waals surface area contributed by atoms with E-state index in [-0.39, 0.29) is 17.7 Å². The van der Waals surface area contributed by atoms with Crippen molar-refractivity contribution in [2.45, 2.75) is 25.7 Å². The van der Waals surface area contributed by atoms with Crippen LogP contribution in [0, 0.1) is 11.3 Å². The van der Waals surface area contributed by atoms with Crippen molar-refractivity contribution in [1.29, 1.82) is 0 Å². The molecule has 0 aromatic heterocycles. The Balaban J connectivity index is 2.15. The van der Waals surface area contributed by atoms with Crippen molar-refractivity contribution in [2.24, 2.45) is 11.3 Å². The Morgan fingerprint density at radius 2 is 2.05 bits per heavy atom. The highest BCUT2D eigenvalue weighted by Crippen LogP contribution is 2.45. The summed E-state index contributed by atoms with van der Waals surface area (Å²) in [6.07, 6.45) is 3.95. The number of carbonyl (C=O) groups is 1. The Morgan fingerprint density at radius 1 is 1.38 bits per heavy atom. The zero-order valence-corrected chi connectivity index (χ0v) is 13.0. The minimum absolute atomic E-state index is 0.00104. The number of piperidine rings is 1. The molecule has 120 valence electrons. The standard InChI is InChI=1S/C14H23NO5S/c1-2-3-10-21(18,19)15-7-4-14(5-8-20-9-6-14)12(11-15)13(16)17/h2,12H,1,3-11H2,(H,16,17). The summed E-state index contributed by atoms with van der Waals surface area (Å²) in [5, 5.41) is 9.54. The van der Waals surface area contributed by atoms with Gasteiger partial charge in [0.15, 0.2) is 0 Å². The van der Waals surface area contributed by atoms with Crippen LogP contribution in [0.5, 0.6) is 0 Å². The molecule has 1 unspecified atom stereocenters. The average Bonchev–Trinajstić information content (AvgIpc) is 2.46. The number of allylic oxidation sites excluding steroid dienone is 1. The van der Waals surface area contributed by atoms with Crippen LogP contribution in [-0.4, -0.2) is 55.9 Å². The summed E-state index contributed by atoms with van der Waals surface area (Å²) in [6.45, 7) is 5.14. The molecule has 0 saturated carbocycles. The van der Waals surface area contributed by atoms with E-state index in [0.29, 0.717) is 45.4 Å². The van der Waals surface area contributed by atoms with Gasteiger partial charge in [0.2, 0.25) is 10.0 Å². The molecule has 0 aromatic rings. The molecule has 2 heterocycles. The maximum atomic E-state index is 12.2. The minimum atomic E-state index is -3.40. The number of hydrogen-bond donors (Lipinski definition) is 1. The summed E-state index contributed by atoms with van der Waals surface area (Å²) in [7, 11) is -3.40. The Hall–Kier alpha value is -0.920. The van der Waals surface area contributed by atoms with E-state index < -0.39 is 21.9 Å². The molecule has 1 atom stereocenters. The van der Waals surface area contributed by atoms with Crippen LogP contribution < -0.4 is 0 Å². The van der Waals surface area contributed by atoms with Gasteiger partial charge in [-0.15, -0.1) is 6.58 Å². The highest BCUT2D eigenvalue weighted by Gasteiger charge is 2.49. The fourth-order valence-electron chi connectivity index (χ4n) is 3.34. The molecule has 0 radical (unpaired) electrons. The molecule has 0 aromatic carbocycles. The van der Waals surface area contributed by atoms with Crippen LogP contribution in [0.1, 0.15) is 25.7 Å². The average molecular weight is 317 g/mol. The molecule has 0 amide bonds. The number of sulfonamides is 1. The Kier molecular flexibility index (Phi) is 5.06. The SMILES string of the molecule is C=CCCS(=O)(=O)N1CCC2(CCOCC2)C(C(=O)O)C1. The number of hydrogen-bond acceptors (Lipinski definition) is 4. The molecule has 2 aliphatic rings. The van der Waals surface area contributed by atoms with Crippen LogP contribution in [0.4, 0.5) is 0 Å². The first kappa shape index (κ1) is 16.5. The molecular weight excluding hydrogens is 294 g/mol. The molecule has 7 heteroatoms. The molecule has 21 heavy (non-hydrogen) atoms. The van der Waals surface area contributed by atoms with Crippen LogP contribution in [0.3, 0.4) is 0 Å². The molecular formula is C14H23NO5S. The molecule has 1 N–H and O–H groups in total. The Bertz CT molecular complexity index is 495. The van der Waals surface area contributed by atoms with Gasteiger partial charge in [0.05, 0.1) is 11.7 Å². The number of aliphatic carboxylic acids is 1. The monoisotopic (exact) mass is 317 g/mol. The third-order valence-corrected chi connectivity index (χ3v) is 6.61. The van der Waals surface area contributed by atoms with Gasteiger partial charge in [0.25, 0.3) is 0 Å². The van der Waals surface area contributed by atoms with Crippen LogP contribution in [0.25, 0.3) is 0 Å². The second kappa shape index (κ2) is 6.46. The van der Waals surface area contributed by atoms with Crippen molar-refractivity contribution in [3.63, 3.8) is 0 Å². The van der Waals surface area contributed by atoms with Crippen molar-refractivity contribution >= 4 is 16.0 Å². The summed E-state index contributed by atoms with van der Waals surface area (Å²) in [5.41, 5.74) is -0.311. The van der Waals surface area contributed by atoms with E-state index in [1.54, 1.807) is 6.08 Å². The fraction of sp³-hybridized carbons (Fsp3) is 0.786. The quantitative estimate of drug-likeness (QED) is 0.768. The lowest BCUT2D eigenvalue weighted by molar-refractivity contribution is -0.153. The lowest BCUT2D eigenvalue weighted by Crippen LogP contribution is -2.54. The predicted molar refractivity (Wildman–Crippen MR) is 78.4 cm³/mol. The first-order valence-electron chi connectivity index (χ1n) is 7.30. The second-order valence-electron chi connectivity index (χ2n) is 5.87. The Morgan fingerprint density at radius 3 is 2.62 bits per heavy atom. The van der Waals surface area contributed by atoms with E-state index in [2.05, 4.69) is 6.58 Å². The van der Waals surface area contributed by atoms with Gasteiger partial charge in [-0.3, -0.25) is 4.79 Å². The molecule has 2 rings (SSSR count). The van der Waals surface area contributed by atoms with Crippen molar-refractivity contribution in [2.75, 3.05) is 32.1 Å². The highest BCUT2D eigenvalue weighted by atomic mass is 32.2. The van der Waals surface area contributed by atoms with Crippen LogP contribution in [0.2, 0.25) is 0 Å². The fourth-order valence-corrected chi connectivity index (χ4v) is 4.81. The normalized spacial score (nSPS) is 26.6. The first-order chi connectivity index (χ1) is 9.91. The summed E-state index contributed by atoms with van der Waals surface area (Å²) in [4.78, 5) is 11.6. The minimum Gasteiger partial charge on any atom is -0.481 e. The van der Waals surface area contributed by atoms with E-state index in [1.165, 1.54) is 4.31 Å². The van der Waals surface area contributed by atoms with Crippen LogP contribution in [-0.2, 0) is 19.6 Å². The third-order valence-electron chi connectivity index (χ3n) is 4.74. The van der Waals surface area contributed by atoms with E-state index in [4.69, 9.17) is 4.74 Å². The molecule has 2 aliphatic heterocycles. The van der Waals surface area contributed by atoms with Gasteiger partial charge in [0, 0.05) is 26.3 Å². The van der Waals surface area contributed by atoms with Crippen LogP contribution >= 0.6 is 0 Å². The number of carboxylic acid groups (broad SMARTS) is 1. The van der Waals surface area contributed by atoms with Crippen molar-refractivity contribution in [3.05, 3.63) is 12.7 Å². The van der Waals surface area contributed by atoms with Gasteiger partial charge in [0.1, 0.15) is 0 Å². The number of rotatable bonds is 5. The lowest BCUT2D eigenvalue weighted by atomic mass is 9.66. The summed E-state index contributed by atoms with van der Waals surface area (Å²) in [6, 6.07) is 0. The van der Waals surface area contributed by atoms with E-state index in [0.717, 1.165) is 0 Å². The van der Waals surface area contributed by atoms with E-state index >= 15 is 0 Å². The van der Waals surface area contributed by atoms with E-state index in [9.17, 15) is 18.3 Å². The maximum absolute atomic E-state index is 12.2. The summed E-state index contributed by atoms with van der Waals surface area (Å²) in [5.74, 6) is -1.55. The lowest BCUT2D eigenvalue weighted by Gasteiger charge is -2.47. The van der Waals surface area contributed by atoms with Gasteiger partial charge in [-0.25, -0.2) is 12.7 Å². The summed E-state index contributed by atoms with van der Waals surface area (Å²) < 4.78 is 31.2. The van der Waals surface area contributed by atoms with Crippen molar-refractivity contribution < 1.29 is 23.1 Å². The summed E-state index contributed by atoms with van der Waals surface area (Å²) >= 11 is 0. The topological polar surface area (TPSA) is 83.9 Å². The predicted octanol–water partition coefficient (Wildman–Crippen LogP) is 1.10. The molecule has 1 spiro atoms. The van der Waals surface area contributed by atoms with Gasteiger partial charge >= 0.3 is 5.97 Å². The van der Waals surface area contributed by atoms with Crippen molar-refractivity contribution in [3.8, 4) is 0 Å². The molecule has 6 nitrogen and oxygen atoms in total. The number of nitrogens with zero attached hydrogens (tertiary/aromatic N) is 1. The highest BCUT2D eigenvalue weighted by molar-refractivity contribution is 7.89. The zero-order chi connectivity index (χ0) is 15.5. The molecule has 0 bridgehead atoms. The first-order valence-corrected chi connectivity index (χ1v) is 8.91. The third kappa shape index (κ3) is 3.46. The van der Waals surface area contributed by atoms with Gasteiger partial charge in [-0.1, -0.05) is 6.08 Å². The molecule has 2 saturated heterocycles. The smallest absolute Gasteiger partial charge is 0.308 e. The maximum Gasteiger partial charge on any atom is 0.308 e. The van der Waals surface area contributed by atoms with Gasteiger partial charge in [-0.2, -0.15) is 0 Å². The number of carboxylic acids is 1. The molecule has 2 fully saturated rings. The van der Waals surface area contributed by atoms with E-state index in [1.807, 2.05) is 0 Å². The Labute approximate surface area is 125 Å². The number of ether oxygens (including phenoxy) is 1. The van der Waals surface area contributed by atoms with Crippen molar-refractivity contribution in [1.82, 2.24) is 4.31 Å². The zero-order valence-electron chi connectivity index (χ0n) is 12.2. The molecule has 0 aliphatic carbocycles. The van der Waals surface area contributed by atoms with Crippen LogP contribution in [0.15, 0.2) is 12.7 Å².